The third-order valence-corrected chi connectivity index (χ3v) is 8.76. The number of nitrogens with zero attached hydrogens (tertiary/aromatic N) is 1. The summed E-state index contributed by atoms with van der Waals surface area (Å²) >= 11 is 0. The third-order valence-electron chi connectivity index (χ3n) is 8.76. The van der Waals surface area contributed by atoms with Crippen molar-refractivity contribution in [2.75, 3.05) is 0 Å². The number of hydrogen-bond acceptors (Lipinski definition) is 4. The molecule has 5 atom stereocenters. The molecule has 41 heavy (non-hydrogen) atoms. The fourth-order valence-corrected chi connectivity index (χ4v) is 5.80. The molecule has 222 valence electrons. The molecule has 0 aromatic heterocycles. The van der Waals surface area contributed by atoms with Crippen molar-refractivity contribution >= 4 is 5.97 Å². The van der Waals surface area contributed by atoms with Crippen molar-refractivity contribution in [2.24, 2.45) is 11.8 Å². The molecular weight excluding hydrogens is 506 g/mol. The van der Waals surface area contributed by atoms with Crippen molar-refractivity contribution in [3.8, 4) is 0 Å². The van der Waals surface area contributed by atoms with Gasteiger partial charge in [0.1, 0.15) is 6.10 Å². The van der Waals surface area contributed by atoms with E-state index in [0.717, 1.165) is 25.1 Å². The second-order valence-corrected chi connectivity index (χ2v) is 12.0. The Morgan fingerprint density at radius 1 is 0.829 bits per heavy atom. The van der Waals surface area contributed by atoms with Gasteiger partial charge in [0.15, 0.2) is 0 Å². The largest absolute Gasteiger partial charge is 0.456 e. The molecule has 0 aliphatic rings. The topological polar surface area (TPSA) is 49.8 Å². The minimum absolute atomic E-state index is 0.121. The van der Waals surface area contributed by atoms with Gasteiger partial charge in [-0.15, -0.1) is 0 Å². The van der Waals surface area contributed by atoms with E-state index in [2.05, 4.69) is 89.8 Å². The summed E-state index contributed by atoms with van der Waals surface area (Å²) in [5.74, 6) is -0.523. The molecular formula is C37H51NO3. The zero-order chi connectivity index (χ0) is 30.1. The first-order valence-corrected chi connectivity index (χ1v) is 15.3. The van der Waals surface area contributed by atoms with Crippen molar-refractivity contribution in [2.45, 2.75) is 106 Å². The first-order chi connectivity index (χ1) is 19.5. The van der Waals surface area contributed by atoms with E-state index < -0.39 is 18.1 Å². The molecule has 0 saturated carbocycles. The minimum Gasteiger partial charge on any atom is -0.456 e. The van der Waals surface area contributed by atoms with Crippen molar-refractivity contribution in [3.63, 3.8) is 0 Å². The number of benzene rings is 3. The predicted octanol–water partition coefficient (Wildman–Crippen LogP) is 8.42. The second-order valence-electron chi connectivity index (χ2n) is 12.0. The summed E-state index contributed by atoms with van der Waals surface area (Å²) in [6.07, 6.45) is 0.895. The molecule has 0 saturated heterocycles. The van der Waals surface area contributed by atoms with Gasteiger partial charge in [-0.1, -0.05) is 99.5 Å². The lowest BCUT2D eigenvalue weighted by Crippen LogP contribution is -2.41. The van der Waals surface area contributed by atoms with Crippen LogP contribution in [-0.4, -0.2) is 28.1 Å². The number of rotatable bonds is 14. The maximum Gasteiger partial charge on any atom is 0.312 e. The maximum absolute atomic E-state index is 13.8. The number of esters is 1. The lowest BCUT2D eigenvalue weighted by Gasteiger charge is -2.37. The summed E-state index contributed by atoms with van der Waals surface area (Å²) in [7, 11) is 0. The average Bonchev–Trinajstić information content (AvgIpc) is 2.96. The molecule has 0 heterocycles. The van der Waals surface area contributed by atoms with Crippen LogP contribution in [0, 0.1) is 39.5 Å². The lowest BCUT2D eigenvalue weighted by atomic mass is 9.88. The lowest BCUT2D eigenvalue weighted by molar-refractivity contribution is -0.163. The van der Waals surface area contributed by atoms with Crippen LogP contribution in [0.3, 0.4) is 0 Å². The number of aliphatic hydroxyl groups excluding tert-OH is 1. The van der Waals surface area contributed by atoms with Gasteiger partial charge in [0.2, 0.25) is 0 Å². The Labute approximate surface area is 248 Å². The summed E-state index contributed by atoms with van der Waals surface area (Å²) in [4.78, 5) is 16.3. The fourth-order valence-electron chi connectivity index (χ4n) is 5.80. The van der Waals surface area contributed by atoms with Gasteiger partial charge in [-0.05, 0) is 86.8 Å². The van der Waals surface area contributed by atoms with Crippen LogP contribution >= 0.6 is 0 Å². The van der Waals surface area contributed by atoms with Crippen molar-refractivity contribution < 1.29 is 14.6 Å². The average molecular weight is 558 g/mol. The van der Waals surface area contributed by atoms with Crippen LogP contribution in [0.25, 0.3) is 0 Å². The second kappa shape index (κ2) is 15.3. The molecule has 0 spiro atoms. The monoisotopic (exact) mass is 557 g/mol. The van der Waals surface area contributed by atoms with Gasteiger partial charge in [-0.2, -0.15) is 0 Å². The molecule has 0 fully saturated rings. The molecule has 3 rings (SSSR count). The smallest absolute Gasteiger partial charge is 0.312 e. The van der Waals surface area contributed by atoms with E-state index in [0.29, 0.717) is 18.8 Å². The van der Waals surface area contributed by atoms with Crippen LogP contribution in [0.15, 0.2) is 66.7 Å². The summed E-state index contributed by atoms with van der Waals surface area (Å²) in [6.45, 7) is 18.5. The van der Waals surface area contributed by atoms with Crippen LogP contribution in [0.2, 0.25) is 0 Å². The Kier molecular flexibility index (Phi) is 12.2. The molecule has 4 nitrogen and oxygen atoms in total. The fraction of sp³-hybridized carbons (Fsp3) is 0.486. The van der Waals surface area contributed by atoms with E-state index in [1.54, 1.807) is 0 Å². The maximum atomic E-state index is 13.8. The van der Waals surface area contributed by atoms with Crippen molar-refractivity contribution in [1.82, 2.24) is 4.90 Å². The highest BCUT2D eigenvalue weighted by atomic mass is 16.5. The summed E-state index contributed by atoms with van der Waals surface area (Å²) in [6, 6.07) is 23.0. The Morgan fingerprint density at radius 3 is 2.02 bits per heavy atom. The number of carbonyl (C=O) groups excluding carboxylic acids is 1. The quantitative estimate of drug-likeness (QED) is 0.202. The Bertz CT molecular complexity index is 1230. The third kappa shape index (κ3) is 8.77. The zero-order valence-corrected chi connectivity index (χ0v) is 26.5. The Balaban J connectivity index is 2.04. The number of ether oxygens (including phenoxy) is 1. The van der Waals surface area contributed by atoms with Crippen molar-refractivity contribution in [1.29, 1.82) is 0 Å². The van der Waals surface area contributed by atoms with E-state index in [4.69, 9.17) is 4.74 Å². The van der Waals surface area contributed by atoms with Gasteiger partial charge in [-0.3, -0.25) is 9.69 Å². The highest BCUT2D eigenvalue weighted by molar-refractivity contribution is 5.73. The Morgan fingerprint density at radius 2 is 1.44 bits per heavy atom. The SMILES string of the molecule is CCC(O)C(C[C@@H](C)CC)C(=O)O[C@H](c1ccccc1)[C@H](C)N(Cc1ccccc1C)Cc1c(C)cc(C)cc1C. The summed E-state index contributed by atoms with van der Waals surface area (Å²) in [5, 5.41) is 10.9. The van der Waals surface area contributed by atoms with Crippen molar-refractivity contribution in [3.05, 3.63) is 106 Å². The molecule has 1 N–H and O–H groups in total. The number of aryl methyl sites for hydroxylation is 4. The van der Waals surface area contributed by atoms with Gasteiger partial charge >= 0.3 is 5.97 Å². The van der Waals surface area contributed by atoms with E-state index >= 15 is 0 Å². The first-order valence-electron chi connectivity index (χ1n) is 15.3. The highest BCUT2D eigenvalue weighted by Gasteiger charge is 2.34. The van der Waals surface area contributed by atoms with Gasteiger partial charge in [0, 0.05) is 19.1 Å². The molecule has 0 aliphatic carbocycles. The van der Waals surface area contributed by atoms with Gasteiger partial charge in [0.05, 0.1) is 12.0 Å². The van der Waals surface area contributed by atoms with Gasteiger partial charge in [0.25, 0.3) is 0 Å². The summed E-state index contributed by atoms with van der Waals surface area (Å²) in [5.41, 5.74) is 8.60. The number of aliphatic hydroxyl groups is 1. The number of hydrogen-bond donors (Lipinski definition) is 1. The Hall–Kier alpha value is -2.95. The molecule has 0 aliphatic heterocycles. The molecule has 4 heteroatoms. The van der Waals surface area contributed by atoms with E-state index in [9.17, 15) is 9.90 Å². The molecule has 3 aromatic carbocycles. The number of carbonyl (C=O) groups is 1. The molecule has 0 bridgehead atoms. The summed E-state index contributed by atoms with van der Waals surface area (Å²) < 4.78 is 6.45. The van der Waals surface area contributed by atoms with E-state index in [1.165, 1.54) is 33.4 Å². The van der Waals surface area contributed by atoms with Crippen LogP contribution < -0.4 is 0 Å². The van der Waals surface area contributed by atoms with Crippen LogP contribution in [0.4, 0.5) is 0 Å². The predicted molar refractivity (Wildman–Crippen MR) is 170 cm³/mol. The molecule has 3 aromatic rings. The minimum atomic E-state index is -0.718. The molecule has 0 amide bonds. The normalized spacial score (nSPS) is 15.3. The molecule has 0 radical (unpaired) electrons. The molecule has 2 unspecified atom stereocenters. The van der Waals surface area contributed by atoms with Crippen LogP contribution in [0.5, 0.6) is 0 Å². The first kappa shape index (κ1) is 32.6. The van der Waals surface area contributed by atoms with E-state index in [1.807, 2.05) is 37.3 Å². The zero-order valence-electron chi connectivity index (χ0n) is 26.5. The highest BCUT2D eigenvalue weighted by Crippen LogP contribution is 2.32. The van der Waals surface area contributed by atoms with Gasteiger partial charge in [-0.25, -0.2) is 0 Å². The van der Waals surface area contributed by atoms with E-state index in [-0.39, 0.29) is 12.0 Å². The standard InChI is InChI=1S/C37H51NO3/c1-9-25(3)22-33(35(39)10-2)37(40)41-36(31-17-12-11-13-18-31)30(8)38(23-32-19-15-14-16-27(32)5)24-34-28(6)20-26(4)21-29(34)7/h11-21,25,30,33,35-36,39H,9-10,22-24H2,1-8H3/t25-,30-,33?,35?,36-/m0/s1. The van der Waals surface area contributed by atoms with Crippen LogP contribution in [-0.2, 0) is 22.6 Å². The van der Waals surface area contributed by atoms with Crippen LogP contribution in [0.1, 0.15) is 92.0 Å². The van der Waals surface area contributed by atoms with Gasteiger partial charge < -0.3 is 9.84 Å².